The highest BCUT2D eigenvalue weighted by atomic mass is 16.4. The Kier molecular flexibility index (Phi) is 3.64. The number of anilines is 1. The van der Waals surface area contributed by atoms with Gasteiger partial charge in [0.1, 0.15) is 11.6 Å². The van der Waals surface area contributed by atoms with Crippen molar-refractivity contribution < 1.29 is 5.21 Å². The molecule has 1 saturated heterocycles. The lowest BCUT2D eigenvalue weighted by Crippen LogP contribution is -2.36. The molecule has 6 heteroatoms. The Morgan fingerprint density at radius 3 is 3.06 bits per heavy atom. The lowest BCUT2D eigenvalue weighted by Gasteiger charge is -2.32. The normalized spacial score (nSPS) is 21.1. The minimum atomic E-state index is 0.0585. The van der Waals surface area contributed by atoms with Crippen molar-refractivity contribution in [3.63, 3.8) is 0 Å². The highest BCUT2D eigenvalue weighted by molar-refractivity contribution is 6.01. The fourth-order valence-electron chi connectivity index (χ4n) is 2.32. The van der Waals surface area contributed by atoms with Crippen LogP contribution in [0.3, 0.4) is 0 Å². The molecule has 1 atom stereocenters. The molecular formula is C12H19N5O. The summed E-state index contributed by atoms with van der Waals surface area (Å²) in [5.41, 5.74) is 6.27. The van der Waals surface area contributed by atoms with Crippen molar-refractivity contribution in [1.29, 1.82) is 0 Å². The Morgan fingerprint density at radius 1 is 1.61 bits per heavy atom. The summed E-state index contributed by atoms with van der Waals surface area (Å²) in [6.07, 6.45) is 3.99. The summed E-state index contributed by atoms with van der Waals surface area (Å²) in [5, 5.41) is 11.9. The van der Waals surface area contributed by atoms with Gasteiger partial charge in [-0.15, -0.1) is 0 Å². The second kappa shape index (κ2) is 5.20. The van der Waals surface area contributed by atoms with Gasteiger partial charge in [-0.2, -0.15) is 0 Å². The zero-order chi connectivity index (χ0) is 13.1. The van der Waals surface area contributed by atoms with E-state index in [0.29, 0.717) is 17.3 Å². The van der Waals surface area contributed by atoms with Crippen LogP contribution in [0.25, 0.3) is 0 Å². The topological polar surface area (TPSA) is 87.6 Å². The van der Waals surface area contributed by atoms with Gasteiger partial charge < -0.3 is 15.8 Å². The summed E-state index contributed by atoms with van der Waals surface area (Å²) in [6, 6.07) is 0. The predicted octanol–water partition coefficient (Wildman–Crippen LogP) is 1.12. The molecule has 1 aromatic heterocycles. The van der Waals surface area contributed by atoms with Crippen LogP contribution in [-0.2, 0) is 0 Å². The molecule has 0 aliphatic carbocycles. The van der Waals surface area contributed by atoms with Crippen molar-refractivity contribution in [2.24, 2.45) is 16.8 Å². The summed E-state index contributed by atoms with van der Waals surface area (Å²) in [6.45, 7) is 5.96. The van der Waals surface area contributed by atoms with Crippen LogP contribution in [-0.4, -0.2) is 34.1 Å². The van der Waals surface area contributed by atoms with Crippen molar-refractivity contribution in [2.75, 3.05) is 18.0 Å². The van der Waals surface area contributed by atoms with E-state index in [1.807, 2.05) is 6.92 Å². The van der Waals surface area contributed by atoms with E-state index in [9.17, 15) is 0 Å². The number of oxime groups is 1. The number of aryl methyl sites for hydroxylation is 1. The Hall–Kier alpha value is -1.85. The van der Waals surface area contributed by atoms with E-state index in [0.717, 1.165) is 25.3 Å². The summed E-state index contributed by atoms with van der Waals surface area (Å²) in [7, 11) is 0. The second-order valence-corrected chi connectivity index (χ2v) is 4.83. The number of rotatable bonds is 2. The number of hydrogen-bond donors (Lipinski definition) is 2. The van der Waals surface area contributed by atoms with Crippen LogP contribution in [0.1, 0.15) is 31.2 Å². The Bertz CT molecular complexity index is 460. The van der Waals surface area contributed by atoms with Crippen LogP contribution in [0.15, 0.2) is 11.4 Å². The van der Waals surface area contributed by atoms with Crippen LogP contribution in [0.5, 0.6) is 0 Å². The molecule has 1 aromatic rings. The van der Waals surface area contributed by atoms with Gasteiger partial charge in [-0.3, -0.25) is 0 Å². The molecule has 0 amide bonds. The van der Waals surface area contributed by atoms with E-state index >= 15 is 0 Å². The molecule has 0 radical (unpaired) electrons. The number of aromatic nitrogens is 2. The highest BCUT2D eigenvalue weighted by Gasteiger charge is 2.22. The Morgan fingerprint density at radius 2 is 2.39 bits per heavy atom. The fourth-order valence-corrected chi connectivity index (χ4v) is 2.32. The molecule has 1 fully saturated rings. The molecule has 1 unspecified atom stereocenters. The van der Waals surface area contributed by atoms with E-state index in [4.69, 9.17) is 10.9 Å². The molecule has 98 valence electrons. The summed E-state index contributed by atoms with van der Waals surface area (Å²) in [5.74, 6) is 2.15. The average molecular weight is 249 g/mol. The molecule has 0 saturated carbocycles. The minimum absolute atomic E-state index is 0.0585. The quantitative estimate of drug-likeness (QED) is 0.355. The van der Waals surface area contributed by atoms with Gasteiger partial charge in [0.15, 0.2) is 5.84 Å². The van der Waals surface area contributed by atoms with E-state index in [-0.39, 0.29) is 5.84 Å². The number of nitrogens with zero attached hydrogens (tertiary/aromatic N) is 4. The molecule has 18 heavy (non-hydrogen) atoms. The SMILES string of the molecule is Cc1ncc(C(N)=NO)c(N2CCCC(C)C2)n1. The third kappa shape index (κ3) is 2.52. The lowest BCUT2D eigenvalue weighted by atomic mass is 10.00. The van der Waals surface area contributed by atoms with Gasteiger partial charge in [-0.25, -0.2) is 9.97 Å². The molecule has 1 aliphatic heterocycles. The van der Waals surface area contributed by atoms with Gasteiger partial charge >= 0.3 is 0 Å². The van der Waals surface area contributed by atoms with Gasteiger partial charge in [0.05, 0.1) is 5.56 Å². The molecule has 0 aromatic carbocycles. The first-order chi connectivity index (χ1) is 8.61. The molecule has 0 spiro atoms. The molecule has 2 heterocycles. The van der Waals surface area contributed by atoms with E-state index < -0.39 is 0 Å². The van der Waals surface area contributed by atoms with E-state index in [2.05, 4.69) is 26.9 Å². The molecule has 6 nitrogen and oxygen atoms in total. The Balaban J connectivity index is 2.38. The standard InChI is InChI=1S/C12H19N5O/c1-8-4-3-5-17(7-8)12-10(11(13)16-18)6-14-9(2)15-12/h6,8,18H,3-5,7H2,1-2H3,(H2,13,16). The minimum Gasteiger partial charge on any atom is -0.409 e. The van der Waals surface area contributed by atoms with E-state index in [1.165, 1.54) is 6.42 Å². The average Bonchev–Trinajstić information content (AvgIpc) is 2.38. The van der Waals surface area contributed by atoms with Gasteiger partial charge in [0.2, 0.25) is 0 Å². The van der Waals surface area contributed by atoms with Crippen LogP contribution in [0, 0.1) is 12.8 Å². The summed E-state index contributed by atoms with van der Waals surface area (Å²) in [4.78, 5) is 10.7. The number of piperidine rings is 1. The van der Waals surface area contributed by atoms with Crippen molar-refractivity contribution >= 4 is 11.7 Å². The smallest absolute Gasteiger partial charge is 0.175 e. The highest BCUT2D eigenvalue weighted by Crippen LogP contribution is 2.24. The van der Waals surface area contributed by atoms with Gasteiger partial charge in [-0.1, -0.05) is 12.1 Å². The molecule has 3 N–H and O–H groups in total. The first-order valence-corrected chi connectivity index (χ1v) is 6.18. The maximum absolute atomic E-state index is 8.82. The Labute approximate surface area is 107 Å². The second-order valence-electron chi connectivity index (χ2n) is 4.83. The maximum atomic E-state index is 8.82. The zero-order valence-corrected chi connectivity index (χ0v) is 10.8. The van der Waals surface area contributed by atoms with Gasteiger partial charge in [-0.05, 0) is 25.7 Å². The summed E-state index contributed by atoms with van der Waals surface area (Å²) < 4.78 is 0. The van der Waals surface area contributed by atoms with Crippen LogP contribution < -0.4 is 10.6 Å². The first kappa shape index (κ1) is 12.6. The number of nitrogens with two attached hydrogens (primary N) is 1. The van der Waals surface area contributed by atoms with Crippen LogP contribution in [0.2, 0.25) is 0 Å². The van der Waals surface area contributed by atoms with Crippen LogP contribution in [0.4, 0.5) is 5.82 Å². The third-order valence-electron chi connectivity index (χ3n) is 3.23. The predicted molar refractivity (Wildman–Crippen MR) is 69.9 cm³/mol. The van der Waals surface area contributed by atoms with Crippen molar-refractivity contribution in [2.45, 2.75) is 26.7 Å². The van der Waals surface area contributed by atoms with Crippen LogP contribution >= 0.6 is 0 Å². The molecule has 0 bridgehead atoms. The first-order valence-electron chi connectivity index (χ1n) is 6.18. The molecule has 2 rings (SSSR count). The monoisotopic (exact) mass is 249 g/mol. The van der Waals surface area contributed by atoms with Crippen molar-refractivity contribution in [3.05, 3.63) is 17.6 Å². The number of amidine groups is 1. The lowest BCUT2D eigenvalue weighted by molar-refractivity contribution is 0.318. The fraction of sp³-hybridized carbons (Fsp3) is 0.583. The maximum Gasteiger partial charge on any atom is 0.175 e. The third-order valence-corrected chi connectivity index (χ3v) is 3.23. The molecular weight excluding hydrogens is 230 g/mol. The van der Waals surface area contributed by atoms with Gasteiger partial charge in [0.25, 0.3) is 0 Å². The zero-order valence-electron chi connectivity index (χ0n) is 10.8. The number of hydrogen-bond acceptors (Lipinski definition) is 5. The van der Waals surface area contributed by atoms with Crippen molar-refractivity contribution in [1.82, 2.24) is 9.97 Å². The van der Waals surface area contributed by atoms with Gasteiger partial charge in [0, 0.05) is 19.3 Å². The largest absolute Gasteiger partial charge is 0.409 e. The van der Waals surface area contributed by atoms with Crippen molar-refractivity contribution in [3.8, 4) is 0 Å². The summed E-state index contributed by atoms with van der Waals surface area (Å²) >= 11 is 0. The van der Waals surface area contributed by atoms with E-state index in [1.54, 1.807) is 6.20 Å². The molecule has 1 aliphatic rings.